The number of carbonyl (C=O) groups excluding carboxylic acids is 1. The average Bonchev–Trinajstić information content (AvgIpc) is 1.66. The van der Waals surface area contributed by atoms with Crippen LogP contribution in [0.15, 0.2) is 12.5 Å². The number of carbonyl (C=O) groups is 1. The van der Waals surface area contributed by atoms with E-state index in [0.29, 0.717) is 0 Å². The van der Waals surface area contributed by atoms with Crippen molar-refractivity contribution >= 4 is 6.03 Å². The minimum absolute atomic E-state index is 0.599. The number of hydrogen-bond donors (Lipinski definition) is 2. The lowest BCUT2D eigenvalue weighted by Gasteiger charge is -1.88. The van der Waals surface area contributed by atoms with Crippen LogP contribution in [-0.2, 0) is 4.74 Å². The van der Waals surface area contributed by atoms with Gasteiger partial charge in [-0.1, -0.05) is 0 Å². The van der Waals surface area contributed by atoms with Gasteiger partial charge in [0, 0.05) is 6.20 Å². The smallest absolute Gasteiger partial charge is 0.316 e. The van der Waals surface area contributed by atoms with Crippen LogP contribution in [0.25, 0.3) is 0 Å². The quantitative estimate of drug-likeness (QED) is 0.489. The summed E-state index contributed by atoms with van der Waals surface area (Å²) in [5.41, 5.74) is 4.68. The molecule has 0 heterocycles. The molecule has 46 valence electrons. The highest BCUT2D eigenvalue weighted by atomic mass is 16.5. The summed E-state index contributed by atoms with van der Waals surface area (Å²) in [7, 11) is 1.47. The summed E-state index contributed by atoms with van der Waals surface area (Å²) in [6.45, 7) is 0. The first-order valence-corrected chi connectivity index (χ1v) is 2.01. The number of rotatable bonds is 2. The van der Waals surface area contributed by atoms with Gasteiger partial charge in [0.1, 0.15) is 0 Å². The summed E-state index contributed by atoms with van der Waals surface area (Å²) in [5.74, 6) is 0. The molecule has 0 saturated carbocycles. The molecule has 8 heavy (non-hydrogen) atoms. The highest BCUT2D eigenvalue weighted by Gasteiger charge is 1.79. The van der Waals surface area contributed by atoms with Gasteiger partial charge in [-0.2, -0.15) is 0 Å². The summed E-state index contributed by atoms with van der Waals surface area (Å²) in [5, 5.41) is 2.18. The second-order valence-corrected chi connectivity index (χ2v) is 1.05. The summed E-state index contributed by atoms with van der Waals surface area (Å²) in [6, 6.07) is -0.599. The van der Waals surface area contributed by atoms with Gasteiger partial charge in [0.05, 0.1) is 13.4 Å². The Labute approximate surface area is 47.3 Å². The molecule has 0 spiro atoms. The Morgan fingerprint density at radius 1 is 1.88 bits per heavy atom. The molecule has 2 amide bonds. The topological polar surface area (TPSA) is 64.3 Å². The third kappa shape index (κ3) is 4.81. The van der Waals surface area contributed by atoms with E-state index in [4.69, 9.17) is 0 Å². The number of hydrogen-bond acceptors (Lipinski definition) is 2. The van der Waals surface area contributed by atoms with E-state index >= 15 is 0 Å². The fraction of sp³-hybridized carbons (Fsp3) is 0.250. The molecule has 0 saturated heterocycles. The SMILES string of the molecule is COC=CNC(N)=O. The molecule has 0 radical (unpaired) electrons. The molecule has 0 unspecified atom stereocenters. The van der Waals surface area contributed by atoms with Crippen LogP contribution in [0.4, 0.5) is 4.79 Å². The van der Waals surface area contributed by atoms with Gasteiger partial charge in [0.25, 0.3) is 0 Å². The lowest BCUT2D eigenvalue weighted by atomic mass is 10.9. The van der Waals surface area contributed by atoms with Crippen LogP contribution in [0, 0.1) is 0 Å². The lowest BCUT2D eigenvalue weighted by molar-refractivity contribution is 0.251. The minimum Gasteiger partial charge on any atom is -0.503 e. The molecule has 0 aliphatic carbocycles. The van der Waals surface area contributed by atoms with E-state index in [1.165, 1.54) is 19.6 Å². The summed E-state index contributed by atoms with van der Waals surface area (Å²) in [6.07, 6.45) is 2.62. The number of urea groups is 1. The monoisotopic (exact) mass is 116 g/mol. The highest BCUT2D eigenvalue weighted by molar-refractivity contribution is 5.72. The van der Waals surface area contributed by atoms with Crippen LogP contribution in [0.2, 0.25) is 0 Å². The Morgan fingerprint density at radius 3 is 2.88 bits per heavy atom. The maximum absolute atomic E-state index is 9.88. The van der Waals surface area contributed by atoms with Crippen LogP contribution in [-0.4, -0.2) is 13.1 Å². The largest absolute Gasteiger partial charge is 0.503 e. The van der Waals surface area contributed by atoms with Crippen LogP contribution in [0.5, 0.6) is 0 Å². The van der Waals surface area contributed by atoms with Crippen LogP contribution in [0.1, 0.15) is 0 Å². The maximum Gasteiger partial charge on any atom is 0.316 e. The molecule has 0 rings (SSSR count). The molecule has 0 aromatic heterocycles. The van der Waals surface area contributed by atoms with Gasteiger partial charge in [-0.05, 0) is 0 Å². The normalized spacial score (nSPS) is 9.12. The van der Waals surface area contributed by atoms with E-state index in [2.05, 4.69) is 15.8 Å². The summed E-state index contributed by atoms with van der Waals surface area (Å²) >= 11 is 0. The van der Waals surface area contributed by atoms with Crippen molar-refractivity contribution in [2.45, 2.75) is 0 Å². The van der Waals surface area contributed by atoms with Crippen molar-refractivity contribution in [1.82, 2.24) is 5.32 Å². The number of nitrogens with one attached hydrogen (secondary N) is 1. The van der Waals surface area contributed by atoms with Gasteiger partial charge in [0.15, 0.2) is 0 Å². The van der Waals surface area contributed by atoms with Crippen molar-refractivity contribution in [3.05, 3.63) is 12.5 Å². The molecule has 0 aliphatic heterocycles. The zero-order chi connectivity index (χ0) is 6.41. The van der Waals surface area contributed by atoms with Crippen LogP contribution in [0.3, 0.4) is 0 Å². The number of ether oxygens (including phenoxy) is 1. The van der Waals surface area contributed by atoms with Crippen molar-refractivity contribution in [1.29, 1.82) is 0 Å². The Bertz CT molecular complexity index is 100. The van der Waals surface area contributed by atoms with Crippen molar-refractivity contribution in [3.63, 3.8) is 0 Å². The van der Waals surface area contributed by atoms with Gasteiger partial charge < -0.3 is 15.8 Å². The molecule has 4 nitrogen and oxygen atoms in total. The van der Waals surface area contributed by atoms with Crippen molar-refractivity contribution in [2.75, 3.05) is 7.11 Å². The van der Waals surface area contributed by atoms with E-state index in [1.54, 1.807) is 0 Å². The number of primary amides is 1. The van der Waals surface area contributed by atoms with E-state index < -0.39 is 6.03 Å². The fourth-order valence-corrected chi connectivity index (χ4v) is 0.184. The molecular formula is C4H8N2O2. The predicted molar refractivity (Wildman–Crippen MR) is 28.9 cm³/mol. The van der Waals surface area contributed by atoms with Crippen molar-refractivity contribution in [2.24, 2.45) is 5.73 Å². The predicted octanol–water partition coefficient (Wildman–Crippen LogP) is -0.228. The summed E-state index contributed by atoms with van der Waals surface area (Å²) < 4.78 is 4.44. The lowest BCUT2D eigenvalue weighted by Crippen LogP contribution is -2.23. The molecule has 0 aromatic rings. The van der Waals surface area contributed by atoms with Crippen molar-refractivity contribution in [3.8, 4) is 0 Å². The fourth-order valence-electron chi connectivity index (χ4n) is 0.184. The van der Waals surface area contributed by atoms with Crippen molar-refractivity contribution < 1.29 is 9.53 Å². The molecule has 0 fully saturated rings. The standard InChI is InChI=1S/C4H8N2O2/c1-8-3-2-6-4(5)7/h2-3H,1H3,(H3,5,6,7). The molecule has 0 bridgehead atoms. The van der Waals surface area contributed by atoms with Gasteiger partial charge in [0.2, 0.25) is 0 Å². The molecule has 0 atom stereocenters. The maximum atomic E-state index is 9.88. The average molecular weight is 116 g/mol. The molecule has 0 aromatic carbocycles. The summed E-state index contributed by atoms with van der Waals surface area (Å²) in [4.78, 5) is 9.88. The number of nitrogens with two attached hydrogens (primary N) is 1. The van der Waals surface area contributed by atoms with E-state index in [-0.39, 0.29) is 0 Å². The van der Waals surface area contributed by atoms with E-state index in [0.717, 1.165) is 0 Å². The molecule has 4 heteroatoms. The molecule has 3 N–H and O–H groups in total. The van der Waals surface area contributed by atoms with Gasteiger partial charge in [-0.25, -0.2) is 4.79 Å². The Morgan fingerprint density at radius 2 is 2.50 bits per heavy atom. The molecular weight excluding hydrogens is 108 g/mol. The molecule has 0 aliphatic rings. The second kappa shape index (κ2) is 3.98. The number of amides is 2. The first-order chi connectivity index (χ1) is 3.77. The first kappa shape index (κ1) is 6.81. The highest BCUT2D eigenvalue weighted by Crippen LogP contribution is 1.64. The first-order valence-electron chi connectivity index (χ1n) is 2.01. The Balaban J connectivity index is 3.16. The van der Waals surface area contributed by atoms with Crippen LogP contribution < -0.4 is 11.1 Å². The zero-order valence-electron chi connectivity index (χ0n) is 4.55. The van der Waals surface area contributed by atoms with Crippen LogP contribution >= 0.6 is 0 Å². The van der Waals surface area contributed by atoms with E-state index in [9.17, 15) is 4.79 Å². The third-order valence-corrected chi connectivity index (χ3v) is 0.430. The van der Waals surface area contributed by atoms with E-state index in [1.807, 2.05) is 0 Å². The third-order valence-electron chi connectivity index (χ3n) is 0.430. The number of methoxy groups -OCH3 is 1. The minimum atomic E-state index is -0.599. The Hall–Kier alpha value is -1.19. The second-order valence-electron chi connectivity index (χ2n) is 1.05. The van der Waals surface area contributed by atoms with Gasteiger partial charge in [-0.3, -0.25) is 0 Å². The van der Waals surface area contributed by atoms with Gasteiger partial charge >= 0.3 is 6.03 Å². The zero-order valence-corrected chi connectivity index (χ0v) is 4.55. The Kier molecular flexibility index (Phi) is 3.39. The van der Waals surface area contributed by atoms with Gasteiger partial charge in [-0.15, -0.1) is 0 Å².